The molecule has 134 valence electrons. The van der Waals surface area contributed by atoms with Crippen molar-refractivity contribution in [1.29, 1.82) is 0 Å². The normalized spacial score (nSPS) is 10.7. The monoisotopic (exact) mass is 343 g/mol. The third kappa shape index (κ3) is 5.76. The molecule has 6 nitrogen and oxygen atoms in total. The Morgan fingerprint density at radius 1 is 1.24 bits per heavy atom. The van der Waals surface area contributed by atoms with Crippen molar-refractivity contribution < 1.29 is 14.3 Å². The van der Waals surface area contributed by atoms with Gasteiger partial charge in [0.05, 0.1) is 12.7 Å². The second-order valence-electron chi connectivity index (χ2n) is 6.20. The number of carbonyl (C=O) groups is 1. The van der Waals surface area contributed by atoms with Gasteiger partial charge in [0.1, 0.15) is 0 Å². The van der Waals surface area contributed by atoms with E-state index >= 15 is 0 Å². The number of amides is 1. The summed E-state index contributed by atoms with van der Waals surface area (Å²) in [5.74, 6) is 1.72. The molecule has 0 aliphatic carbocycles. The quantitative estimate of drug-likeness (QED) is 0.683. The number of aromatic nitrogens is 1. The summed E-state index contributed by atoms with van der Waals surface area (Å²) < 4.78 is 11.1. The zero-order valence-electron chi connectivity index (χ0n) is 14.9. The van der Waals surface area contributed by atoms with E-state index in [0.29, 0.717) is 28.9 Å². The van der Waals surface area contributed by atoms with Crippen molar-refractivity contribution in [3.05, 3.63) is 47.7 Å². The van der Waals surface area contributed by atoms with E-state index in [4.69, 9.17) is 15.2 Å². The van der Waals surface area contributed by atoms with Crippen LogP contribution in [0.15, 0.2) is 36.5 Å². The zero-order valence-corrected chi connectivity index (χ0v) is 14.9. The fraction of sp³-hybridized carbons (Fsp3) is 0.368. The number of nitrogens with zero attached hydrogens (tertiary/aromatic N) is 1. The molecule has 6 heteroatoms. The largest absolute Gasteiger partial charge is 0.493 e. The van der Waals surface area contributed by atoms with Crippen molar-refractivity contribution >= 4 is 5.91 Å². The van der Waals surface area contributed by atoms with Gasteiger partial charge < -0.3 is 20.5 Å². The van der Waals surface area contributed by atoms with Gasteiger partial charge in [0.15, 0.2) is 11.5 Å². The van der Waals surface area contributed by atoms with Crippen LogP contribution in [0, 0.1) is 5.92 Å². The fourth-order valence-corrected chi connectivity index (χ4v) is 2.23. The highest BCUT2D eigenvalue weighted by Crippen LogP contribution is 2.31. The number of hydrogen-bond acceptors (Lipinski definition) is 5. The van der Waals surface area contributed by atoms with E-state index < -0.39 is 5.91 Å². The first-order chi connectivity index (χ1) is 12.0. The van der Waals surface area contributed by atoms with Crippen molar-refractivity contribution in [3.8, 4) is 17.4 Å². The van der Waals surface area contributed by atoms with Crippen LogP contribution in [0.2, 0.25) is 0 Å². The Kier molecular flexibility index (Phi) is 6.77. The van der Waals surface area contributed by atoms with Crippen LogP contribution in [-0.4, -0.2) is 24.5 Å². The molecule has 25 heavy (non-hydrogen) atoms. The molecule has 0 saturated carbocycles. The summed E-state index contributed by atoms with van der Waals surface area (Å²) in [7, 11) is 1.60. The first-order valence-corrected chi connectivity index (χ1v) is 8.31. The van der Waals surface area contributed by atoms with Crippen LogP contribution < -0.4 is 20.5 Å². The Bertz CT molecular complexity index is 700. The Balaban J connectivity index is 2.02. The molecule has 0 saturated heterocycles. The van der Waals surface area contributed by atoms with Gasteiger partial charge in [-0.15, -0.1) is 0 Å². The van der Waals surface area contributed by atoms with Crippen LogP contribution in [-0.2, 0) is 6.54 Å². The summed E-state index contributed by atoms with van der Waals surface area (Å²) in [6.07, 6.45) is 2.53. The van der Waals surface area contributed by atoms with Gasteiger partial charge in [0.2, 0.25) is 11.8 Å². The lowest BCUT2D eigenvalue weighted by Crippen LogP contribution is -2.16. The highest BCUT2D eigenvalue weighted by Gasteiger charge is 2.09. The number of primary amides is 1. The molecule has 1 amide bonds. The minimum Gasteiger partial charge on any atom is -0.493 e. The highest BCUT2D eigenvalue weighted by atomic mass is 16.5. The molecule has 0 radical (unpaired) electrons. The fourth-order valence-electron chi connectivity index (χ4n) is 2.23. The predicted octanol–water partition coefficient (Wildman–Crippen LogP) is 3.12. The second-order valence-corrected chi connectivity index (χ2v) is 6.20. The Labute approximate surface area is 148 Å². The number of ether oxygens (including phenoxy) is 2. The maximum absolute atomic E-state index is 11.1. The standard InChI is InChI=1S/C19H25N3O3/c1-13(2)8-9-21-11-14-4-6-16(17(10-14)24-3)25-18-7-5-15(12-22-18)19(20)23/h4-7,10,12-13,21H,8-9,11H2,1-3H3,(H2,20,23). The van der Waals surface area contributed by atoms with E-state index in [2.05, 4.69) is 24.1 Å². The minimum absolute atomic E-state index is 0.335. The van der Waals surface area contributed by atoms with Gasteiger partial charge in [0.25, 0.3) is 0 Å². The van der Waals surface area contributed by atoms with Crippen LogP contribution in [0.25, 0.3) is 0 Å². The van der Waals surface area contributed by atoms with E-state index in [0.717, 1.165) is 25.1 Å². The Morgan fingerprint density at radius 2 is 2.04 bits per heavy atom. The van der Waals surface area contributed by atoms with Gasteiger partial charge in [-0.05, 0) is 42.6 Å². The molecule has 2 aromatic rings. The number of benzene rings is 1. The summed E-state index contributed by atoms with van der Waals surface area (Å²) in [6, 6.07) is 8.94. The van der Waals surface area contributed by atoms with Gasteiger partial charge in [-0.2, -0.15) is 0 Å². The molecule has 0 spiro atoms. The SMILES string of the molecule is COc1cc(CNCCC(C)C)ccc1Oc1ccc(C(N)=O)cn1. The summed E-state index contributed by atoms with van der Waals surface area (Å²) in [5, 5.41) is 3.42. The molecule has 0 atom stereocenters. The van der Waals surface area contributed by atoms with Gasteiger partial charge >= 0.3 is 0 Å². The molecule has 1 heterocycles. The second kappa shape index (κ2) is 9.03. The molecular formula is C19H25N3O3. The minimum atomic E-state index is -0.522. The molecule has 0 fully saturated rings. The summed E-state index contributed by atoms with van der Waals surface area (Å²) in [4.78, 5) is 15.1. The summed E-state index contributed by atoms with van der Waals surface area (Å²) in [5.41, 5.74) is 6.65. The first-order valence-electron chi connectivity index (χ1n) is 8.31. The topological polar surface area (TPSA) is 86.5 Å². The van der Waals surface area contributed by atoms with E-state index in [1.54, 1.807) is 19.2 Å². The van der Waals surface area contributed by atoms with Gasteiger partial charge in [0, 0.05) is 18.8 Å². The number of rotatable bonds is 9. The van der Waals surface area contributed by atoms with Crippen molar-refractivity contribution in [2.75, 3.05) is 13.7 Å². The summed E-state index contributed by atoms with van der Waals surface area (Å²) >= 11 is 0. The summed E-state index contributed by atoms with van der Waals surface area (Å²) in [6.45, 7) is 6.17. The number of carbonyl (C=O) groups excluding carboxylic acids is 1. The number of pyridine rings is 1. The molecule has 2 rings (SSSR count). The third-order valence-electron chi connectivity index (χ3n) is 3.69. The Hall–Kier alpha value is -2.60. The van der Waals surface area contributed by atoms with E-state index in [1.165, 1.54) is 6.20 Å². The van der Waals surface area contributed by atoms with Crippen LogP contribution in [0.1, 0.15) is 36.2 Å². The average molecular weight is 343 g/mol. The van der Waals surface area contributed by atoms with Gasteiger partial charge in [-0.25, -0.2) is 4.98 Å². The molecule has 1 aromatic carbocycles. The van der Waals surface area contributed by atoms with E-state index in [1.807, 2.05) is 18.2 Å². The molecule has 0 unspecified atom stereocenters. The lowest BCUT2D eigenvalue weighted by molar-refractivity contribution is 0.1000. The van der Waals surface area contributed by atoms with Gasteiger partial charge in [-0.3, -0.25) is 4.79 Å². The van der Waals surface area contributed by atoms with Crippen molar-refractivity contribution in [1.82, 2.24) is 10.3 Å². The Morgan fingerprint density at radius 3 is 2.64 bits per heavy atom. The molecule has 0 aliphatic heterocycles. The molecule has 0 bridgehead atoms. The van der Waals surface area contributed by atoms with E-state index in [9.17, 15) is 4.79 Å². The lowest BCUT2D eigenvalue weighted by Gasteiger charge is -2.12. The average Bonchev–Trinajstić information content (AvgIpc) is 2.60. The third-order valence-corrected chi connectivity index (χ3v) is 3.69. The molecular weight excluding hydrogens is 318 g/mol. The first kappa shape index (κ1) is 18.7. The van der Waals surface area contributed by atoms with E-state index in [-0.39, 0.29) is 0 Å². The highest BCUT2D eigenvalue weighted by molar-refractivity contribution is 5.92. The number of methoxy groups -OCH3 is 1. The van der Waals surface area contributed by atoms with Crippen LogP contribution in [0.4, 0.5) is 0 Å². The number of nitrogens with one attached hydrogen (secondary N) is 1. The molecule has 1 aromatic heterocycles. The molecule has 3 N–H and O–H groups in total. The smallest absolute Gasteiger partial charge is 0.250 e. The zero-order chi connectivity index (χ0) is 18.2. The number of nitrogens with two attached hydrogens (primary N) is 1. The maximum atomic E-state index is 11.1. The van der Waals surface area contributed by atoms with Crippen LogP contribution in [0.3, 0.4) is 0 Å². The number of hydrogen-bond donors (Lipinski definition) is 2. The predicted molar refractivity (Wildman–Crippen MR) is 97.0 cm³/mol. The van der Waals surface area contributed by atoms with Gasteiger partial charge in [-0.1, -0.05) is 19.9 Å². The van der Waals surface area contributed by atoms with Crippen molar-refractivity contribution in [3.63, 3.8) is 0 Å². The lowest BCUT2D eigenvalue weighted by atomic mass is 10.1. The van der Waals surface area contributed by atoms with Crippen LogP contribution in [0.5, 0.6) is 17.4 Å². The molecule has 0 aliphatic rings. The van der Waals surface area contributed by atoms with Crippen molar-refractivity contribution in [2.45, 2.75) is 26.8 Å². The van der Waals surface area contributed by atoms with Crippen molar-refractivity contribution in [2.24, 2.45) is 11.7 Å². The van der Waals surface area contributed by atoms with Crippen LogP contribution >= 0.6 is 0 Å². The maximum Gasteiger partial charge on any atom is 0.250 e.